The number of amides is 1. The number of hydrogen-bond donors (Lipinski definition) is 1. The van der Waals surface area contributed by atoms with Crippen LogP contribution in [0.15, 0.2) is 11.4 Å². The molecule has 1 aliphatic rings. The van der Waals surface area contributed by atoms with Crippen molar-refractivity contribution in [2.75, 3.05) is 11.9 Å². The zero-order valence-electron chi connectivity index (χ0n) is 12.3. The van der Waals surface area contributed by atoms with Crippen LogP contribution < -0.4 is 10.4 Å². The molecule has 2 rings (SSSR count). The van der Waals surface area contributed by atoms with Gasteiger partial charge in [0, 0.05) is 17.8 Å². The molecule has 0 aliphatic heterocycles. The van der Waals surface area contributed by atoms with Crippen LogP contribution in [0.1, 0.15) is 43.0 Å². The molecule has 0 saturated heterocycles. The molecule has 1 fully saturated rings. The summed E-state index contributed by atoms with van der Waals surface area (Å²) in [4.78, 5) is 35.3. The molecule has 0 unspecified atom stereocenters. The zero-order valence-corrected chi connectivity index (χ0v) is 13.1. The van der Waals surface area contributed by atoms with Gasteiger partial charge in [-0.1, -0.05) is 12.8 Å². The van der Waals surface area contributed by atoms with Gasteiger partial charge in [-0.3, -0.25) is 4.79 Å². The Labute approximate surface area is 132 Å². The first kappa shape index (κ1) is 16.5. The molecule has 0 aromatic carbocycles. The normalized spacial score (nSPS) is 21.1. The Balaban J connectivity index is 2.10. The molecular weight excluding hydrogens is 306 g/mol. The predicted molar refractivity (Wildman–Crippen MR) is 79.4 cm³/mol. The van der Waals surface area contributed by atoms with Crippen LogP contribution in [0, 0.1) is 11.8 Å². The molecule has 22 heavy (non-hydrogen) atoms. The van der Waals surface area contributed by atoms with E-state index >= 15 is 0 Å². The summed E-state index contributed by atoms with van der Waals surface area (Å²) in [6, 6.07) is 1.58. The van der Waals surface area contributed by atoms with E-state index in [0.717, 1.165) is 12.8 Å². The fourth-order valence-corrected chi connectivity index (χ4v) is 3.49. The zero-order chi connectivity index (χ0) is 16.1. The van der Waals surface area contributed by atoms with Gasteiger partial charge in [-0.25, -0.2) is 4.79 Å². The number of ether oxygens (including phenoxy) is 1. The van der Waals surface area contributed by atoms with E-state index < -0.39 is 23.8 Å². The molecule has 0 spiro atoms. The molecule has 1 saturated carbocycles. The van der Waals surface area contributed by atoms with Gasteiger partial charge < -0.3 is 20.0 Å². The Kier molecular flexibility index (Phi) is 5.54. The van der Waals surface area contributed by atoms with Gasteiger partial charge in [0.1, 0.15) is 5.00 Å². The lowest BCUT2D eigenvalue weighted by Gasteiger charge is -2.31. The Hall–Kier alpha value is -1.89. The first-order chi connectivity index (χ1) is 10.5. The number of carboxylic acids is 1. The van der Waals surface area contributed by atoms with Crippen LogP contribution in [0.5, 0.6) is 0 Å². The van der Waals surface area contributed by atoms with Crippen LogP contribution in [0.2, 0.25) is 0 Å². The number of aliphatic carboxylic acids is 1. The fraction of sp³-hybridized carbons (Fsp3) is 0.533. The average molecular weight is 324 g/mol. The summed E-state index contributed by atoms with van der Waals surface area (Å²) in [7, 11) is 0. The van der Waals surface area contributed by atoms with Gasteiger partial charge >= 0.3 is 5.97 Å². The van der Waals surface area contributed by atoms with Crippen LogP contribution >= 0.6 is 11.3 Å². The van der Waals surface area contributed by atoms with Crippen molar-refractivity contribution in [3.05, 3.63) is 17.0 Å². The van der Waals surface area contributed by atoms with E-state index in [0.29, 0.717) is 23.4 Å². The quantitative estimate of drug-likeness (QED) is 0.826. The van der Waals surface area contributed by atoms with Gasteiger partial charge in [0.2, 0.25) is 5.91 Å². The van der Waals surface area contributed by atoms with Crippen molar-refractivity contribution in [1.29, 1.82) is 0 Å². The van der Waals surface area contributed by atoms with Gasteiger partial charge in [0.05, 0.1) is 12.2 Å². The number of nitrogens with one attached hydrogen (secondary N) is 1. The third-order valence-corrected chi connectivity index (χ3v) is 4.63. The van der Waals surface area contributed by atoms with Crippen molar-refractivity contribution in [3.8, 4) is 0 Å². The number of rotatable bonds is 5. The highest BCUT2D eigenvalue weighted by molar-refractivity contribution is 7.14. The molecule has 0 radical (unpaired) electrons. The molecule has 7 heteroatoms. The van der Waals surface area contributed by atoms with E-state index in [1.165, 1.54) is 11.3 Å². The number of hydrogen-bond acceptors (Lipinski definition) is 6. The standard InChI is InChI=1S/C15H19NO5S/c1-2-21-15(20)11-7-8-22-13(11)16-12(17)9-5-3-4-6-10(9)14(18)19/h7-10H,2-6H2,1H3,(H,16,17)(H,18,19)/p-1/t9-,10+/m1/s1. The number of esters is 1. The number of carbonyl (C=O) groups excluding carboxylic acids is 3. The van der Waals surface area contributed by atoms with Gasteiger partial charge in [0.15, 0.2) is 0 Å². The monoisotopic (exact) mass is 324 g/mol. The lowest BCUT2D eigenvalue weighted by atomic mass is 9.79. The van der Waals surface area contributed by atoms with Crippen molar-refractivity contribution in [1.82, 2.24) is 0 Å². The summed E-state index contributed by atoms with van der Waals surface area (Å²) in [5.74, 6) is -3.44. The first-order valence-electron chi connectivity index (χ1n) is 7.31. The molecule has 1 amide bonds. The van der Waals surface area contributed by atoms with Crippen LogP contribution in [0.4, 0.5) is 5.00 Å². The minimum Gasteiger partial charge on any atom is -0.550 e. The summed E-state index contributed by atoms with van der Waals surface area (Å²) >= 11 is 1.21. The molecule has 1 heterocycles. The summed E-state index contributed by atoms with van der Waals surface area (Å²) in [5.41, 5.74) is 0.293. The van der Waals surface area contributed by atoms with Crippen LogP contribution in [0.3, 0.4) is 0 Å². The van der Waals surface area contributed by atoms with Crippen LogP contribution in [-0.4, -0.2) is 24.5 Å². The summed E-state index contributed by atoms with van der Waals surface area (Å²) in [5, 5.41) is 15.9. The maximum absolute atomic E-state index is 12.4. The second-order valence-electron chi connectivity index (χ2n) is 5.19. The lowest BCUT2D eigenvalue weighted by Crippen LogP contribution is -2.42. The van der Waals surface area contributed by atoms with E-state index in [9.17, 15) is 19.5 Å². The smallest absolute Gasteiger partial charge is 0.341 e. The lowest BCUT2D eigenvalue weighted by molar-refractivity contribution is -0.313. The highest BCUT2D eigenvalue weighted by Gasteiger charge is 2.32. The summed E-state index contributed by atoms with van der Waals surface area (Å²) < 4.78 is 4.93. The molecule has 1 aromatic rings. The topological polar surface area (TPSA) is 95.5 Å². The summed E-state index contributed by atoms with van der Waals surface area (Å²) in [6.45, 7) is 1.95. The SMILES string of the molecule is CCOC(=O)c1ccsc1NC(=O)[C@@H]1CCCC[C@@H]1C(=O)[O-]. The highest BCUT2D eigenvalue weighted by Crippen LogP contribution is 2.32. The number of carbonyl (C=O) groups is 3. The molecule has 120 valence electrons. The second kappa shape index (κ2) is 7.40. The molecule has 6 nitrogen and oxygen atoms in total. The van der Waals surface area contributed by atoms with E-state index in [1.807, 2.05) is 0 Å². The van der Waals surface area contributed by atoms with Crippen molar-refractivity contribution < 1.29 is 24.2 Å². The Bertz CT molecular complexity index is 568. The second-order valence-corrected chi connectivity index (χ2v) is 6.11. The highest BCUT2D eigenvalue weighted by atomic mass is 32.1. The van der Waals surface area contributed by atoms with Gasteiger partial charge in [0.25, 0.3) is 0 Å². The summed E-state index contributed by atoms with van der Waals surface area (Å²) in [6.07, 6.45) is 2.58. The molecule has 0 bridgehead atoms. The predicted octanol–water partition coefficient (Wildman–Crippen LogP) is 1.42. The van der Waals surface area contributed by atoms with Gasteiger partial charge in [-0.2, -0.15) is 0 Å². The minimum absolute atomic E-state index is 0.247. The van der Waals surface area contributed by atoms with Crippen molar-refractivity contribution >= 4 is 34.2 Å². The van der Waals surface area contributed by atoms with Gasteiger partial charge in [-0.05, 0) is 31.2 Å². The molecule has 2 atom stereocenters. The maximum atomic E-state index is 12.4. The fourth-order valence-electron chi connectivity index (χ4n) is 2.71. The van der Waals surface area contributed by atoms with Gasteiger partial charge in [-0.15, -0.1) is 11.3 Å². The van der Waals surface area contributed by atoms with Crippen LogP contribution in [-0.2, 0) is 14.3 Å². The first-order valence-corrected chi connectivity index (χ1v) is 8.19. The number of carboxylic acid groups (broad SMARTS) is 1. The van der Waals surface area contributed by atoms with Crippen molar-refractivity contribution in [2.45, 2.75) is 32.6 Å². The Morgan fingerprint density at radius 3 is 2.64 bits per heavy atom. The Morgan fingerprint density at radius 1 is 1.32 bits per heavy atom. The van der Waals surface area contributed by atoms with Crippen LogP contribution in [0.25, 0.3) is 0 Å². The van der Waals surface area contributed by atoms with Crippen molar-refractivity contribution in [3.63, 3.8) is 0 Å². The average Bonchev–Trinajstić information content (AvgIpc) is 2.95. The van der Waals surface area contributed by atoms with E-state index in [1.54, 1.807) is 18.4 Å². The molecule has 1 aliphatic carbocycles. The third kappa shape index (κ3) is 3.65. The maximum Gasteiger partial charge on any atom is 0.341 e. The van der Waals surface area contributed by atoms with E-state index in [2.05, 4.69) is 5.32 Å². The molecule has 1 aromatic heterocycles. The van der Waals surface area contributed by atoms with E-state index in [-0.39, 0.29) is 12.5 Å². The largest absolute Gasteiger partial charge is 0.550 e. The minimum atomic E-state index is -1.18. The molecule has 1 N–H and O–H groups in total. The molecular formula is C15H18NO5S-. The number of anilines is 1. The third-order valence-electron chi connectivity index (χ3n) is 3.80. The van der Waals surface area contributed by atoms with E-state index in [4.69, 9.17) is 4.74 Å². The van der Waals surface area contributed by atoms with Crippen molar-refractivity contribution in [2.24, 2.45) is 11.8 Å². The number of thiophene rings is 1. The Morgan fingerprint density at radius 2 is 2.00 bits per heavy atom.